The van der Waals surface area contributed by atoms with Crippen molar-refractivity contribution < 1.29 is 9.94 Å². The second-order valence-corrected chi connectivity index (χ2v) is 5.95. The zero-order valence-electron chi connectivity index (χ0n) is 11.3. The van der Waals surface area contributed by atoms with E-state index in [4.69, 9.17) is 15.7 Å². The normalized spacial score (nSPS) is 17.0. The van der Waals surface area contributed by atoms with Gasteiger partial charge >= 0.3 is 0 Å². The highest BCUT2D eigenvalue weighted by Gasteiger charge is 2.26. The zero-order valence-corrected chi connectivity index (χ0v) is 12.9. The van der Waals surface area contributed by atoms with Crippen molar-refractivity contribution >= 4 is 21.8 Å². The van der Waals surface area contributed by atoms with Crippen LogP contribution < -0.4 is 10.5 Å². The van der Waals surface area contributed by atoms with Crippen molar-refractivity contribution in [3.63, 3.8) is 0 Å². The van der Waals surface area contributed by atoms with E-state index in [1.54, 1.807) is 6.07 Å². The van der Waals surface area contributed by atoms with Gasteiger partial charge in [-0.15, -0.1) is 0 Å². The Balaban J connectivity index is 1.75. The van der Waals surface area contributed by atoms with Gasteiger partial charge in [-0.2, -0.15) is 0 Å². The summed E-state index contributed by atoms with van der Waals surface area (Å²) >= 11 is 3.37. The molecule has 2 aromatic carbocycles. The number of amidine groups is 1. The van der Waals surface area contributed by atoms with Crippen LogP contribution in [0.3, 0.4) is 0 Å². The van der Waals surface area contributed by atoms with E-state index in [-0.39, 0.29) is 5.84 Å². The number of nitrogens with zero attached hydrogens (tertiary/aromatic N) is 1. The lowest BCUT2D eigenvalue weighted by molar-refractivity contribution is 0.274. The third-order valence-electron chi connectivity index (χ3n) is 3.73. The Morgan fingerprint density at radius 3 is 2.90 bits per heavy atom. The highest BCUT2D eigenvalue weighted by molar-refractivity contribution is 9.10. The topological polar surface area (TPSA) is 67.8 Å². The van der Waals surface area contributed by atoms with Gasteiger partial charge in [0.1, 0.15) is 5.75 Å². The highest BCUT2D eigenvalue weighted by Crippen LogP contribution is 2.35. The van der Waals surface area contributed by atoms with E-state index < -0.39 is 0 Å². The maximum atomic E-state index is 8.86. The molecule has 0 fully saturated rings. The molecule has 2 aromatic rings. The monoisotopic (exact) mass is 346 g/mol. The molecule has 1 unspecified atom stereocenters. The summed E-state index contributed by atoms with van der Waals surface area (Å²) in [5, 5.41) is 11.9. The van der Waals surface area contributed by atoms with Gasteiger partial charge in [-0.25, -0.2) is 0 Å². The summed E-state index contributed by atoms with van der Waals surface area (Å²) in [5.41, 5.74) is 9.01. The Morgan fingerprint density at radius 2 is 2.14 bits per heavy atom. The fourth-order valence-corrected chi connectivity index (χ4v) is 2.94. The first-order valence-corrected chi connectivity index (χ1v) is 7.46. The number of ether oxygens (including phenoxy) is 1. The van der Waals surface area contributed by atoms with Crippen LogP contribution in [0.15, 0.2) is 52.1 Å². The average molecular weight is 347 g/mol. The summed E-state index contributed by atoms with van der Waals surface area (Å²) < 4.78 is 6.74. The molecule has 0 aromatic heterocycles. The second-order valence-electron chi connectivity index (χ2n) is 5.04. The zero-order chi connectivity index (χ0) is 14.8. The maximum absolute atomic E-state index is 8.86. The summed E-state index contributed by atoms with van der Waals surface area (Å²) in [6.07, 6.45) is 1.03. The van der Waals surface area contributed by atoms with Crippen LogP contribution in [0.2, 0.25) is 0 Å². The van der Waals surface area contributed by atoms with Crippen molar-refractivity contribution in [3.05, 3.63) is 63.6 Å². The van der Waals surface area contributed by atoms with Crippen LogP contribution in [0.4, 0.5) is 0 Å². The number of rotatable bonds is 4. The quantitative estimate of drug-likeness (QED) is 0.386. The molecule has 0 aliphatic heterocycles. The summed E-state index contributed by atoms with van der Waals surface area (Å²) in [7, 11) is 0. The number of oxime groups is 1. The molecule has 0 amide bonds. The van der Waals surface area contributed by atoms with Crippen LogP contribution in [0, 0.1) is 0 Å². The number of fused-ring (bicyclic) bond motifs is 1. The lowest BCUT2D eigenvalue weighted by Gasteiger charge is -2.30. The number of halogens is 1. The first-order valence-electron chi connectivity index (χ1n) is 6.67. The van der Waals surface area contributed by atoms with Crippen molar-refractivity contribution in [2.75, 3.05) is 6.61 Å². The molecule has 21 heavy (non-hydrogen) atoms. The van der Waals surface area contributed by atoms with Crippen LogP contribution in [0.25, 0.3) is 0 Å². The SMILES string of the molecule is N/C(=N/O)c1cc(Br)ccc1OCC1Cc2ccccc21. The molecule has 0 saturated heterocycles. The second kappa shape index (κ2) is 5.77. The average Bonchev–Trinajstić information content (AvgIpc) is 2.48. The molecule has 1 aliphatic rings. The predicted octanol–water partition coefficient (Wildman–Crippen LogP) is 3.26. The Bertz CT molecular complexity index is 700. The molecule has 0 radical (unpaired) electrons. The number of benzene rings is 2. The molecule has 4 nitrogen and oxygen atoms in total. The van der Waals surface area contributed by atoms with Crippen LogP contribution in [-0.2, 0) is 6.42 Å². The fourth-order valence-electron chi connectivity index (χ4n) is 2.58. The minimum atomic E-state index is 0.0420. The van der Waals surface area contributed by atoms with Gasteiger partial charge in [0.15, 0.2) is 5.84 Å². The highest BCUT2D eigenvalue weighted by atomic mass is 79.9. The van der Waals surface area contributed by atoms with Gasteiger partial charge in [-0.05, 0) is 35.7 Å². The van der Waals surface area contributed by atoms with Gasteiger partial charge in [0, 0.05) is 10.4 Å². The minimum absolute atomic E-state index is 0.0420. The van der Waals surface area contributed by atoms with Crippen LogP contribution in [0.5, 0.6) is 5.75 Å². The summed E-state index contributed by atoms with van der Waals surface area (Å²) in [5.74, 6) is 1.07. The predicted molar refractivity (Wildman–Crippen MR) is 85.0 cm³/mol. The molecule has 0 bridgehead atoms. The Kier molecular flexibility index (Phi) is 3.84. The molecule has 1 aliphatic carbocycles. The Morgan fingerprint density at radius 1 is 1.33 bits per heavy atom. The minimum Gasteiger partial charge on any atom is -0.492 e. The smallest absolute Gasteiger partial charge is 0.173 e. The van der Waals surface area contributed by atoms with E-state index in [0.29, 0.717) is 23.8 Å². The number of hydrogen-bond acceptors (Lipinski definition) is 3. The van der Waals surface area contributed by atoms with Crippen molar-refractivity contribution in [2.45, 2.75) is 12.3 Å². The molecule has 3 N–H and O–H groups in total. The molecular formula is C16H15BrN2O2. The molecule has 0 spiro atoms. The van der Waals surface area contributed by atoms with Gasteiger partial charge in [-0.1, -0.05) is 45.4 Å². The fraction of sp³-hybridized carbons (Fsp3) is 0.188. The van der Waals surface area contributed by atoms with E-state index in [1.807, 2.05) is 18.2 Å². The standard InChI is InChI=1S/C16H15BrN2O2/c17-12-5-6-15(14(8-12)16(18)19-20)21-9-11-7-10-3-1-2-4-13(10)11/h1-6,8,11,20H,7,9H2,(H2,18,19). The summed E-state index contributed by atoms with van der Waals surface area (Å²) in [6.45, 7) is 0.588. The van der Waals surface area contributed by atoms with E-state index in [1.165, 1.54) is 11.1 Å². The number of nitrogens with two attached hydrogens (primary N) is 1. The van der Waals surface area contributed by atoms with Gasteiger partial charge in [-0.3, -0.25) is 0 Å². The van der Waals surface area contributed by atoms with Gasteiger partial charge in [0.05, 0.1) is 12.2 Å². The van der Waals surface area contributed by atoms with E-state index in [2.05, 4.69) is 39.3 Å². The summed E-state index contributed by atoms with van der Waals surface area (Å²) in [4.78, 5) is 0. The van der Waals surface area contributed by atoms with E-state index >= 15 is 0 Å². The first-order chi connectivity index (χ1) is 10.2. The third kappa shape index (κ3) is 2.74. The van der Waals surface area contributed by atoms with E-state index in [9.17, 15) is 0 Å². The molecule has 108 valence electrons. The Hall–Kier alpha value is -2.01. The molecule has 5 heteroatoms. The lowest BCUT2D eigenvalue weighted by Crippen LogP contribution is -2.24. The van der Waals surface area contributed by atoms with Crippen LogP contribution in [0.1, 0.15) is 22.6 Å². The van der Waals surface area contributed by atoms with Crippen molar-refractivity contribution in [1.82, 2.24) is 0 Å². The molecule has 1 atom stereocenters. The molecule has 0 saturated carbocycles. The largest absolute Gasteiger partial charge is 0.492 e. The molecule has 3 rings (SSSR count). The van der Waals surface area contributed by atoms with Gasteiger partial charge < -0.3 is 15.7 Å². The first kappa shape index (κ1) is 13.9. The Labute approximate surface area is 131 Å². The van der Waals surface area contributed by atoms with Gasteiger partial charge in [0.2, 0.25) is 0 Å². The van der Waals surface area contributed by atoms with Crippen LogP contribution in [-0.4, -0.2) is 17.6 Å². The molecule has 0 heterocycles. The summed E-state index contributed by atoms with van der Waals surface area (Å²) in [6, 6.07) is 13.9. The van der Waals surface area contributed by atoms with Crippen molar-refractivity contribution in [2.24, 2.45) is 10.9 Å². The van der Waals surface area contributed by atoms with Crippen molar-refractivity contribution in [3.8, 4) is 5.75 Å². The van der Waals surface area contributed by atoms with Crippen LogP contribution >= 0.6 is 15.9 Å². The van der Waals surface area contributed by atoms with E-state index in [0.717, 1.165) is 10.9 Å². The number of hydrogen-bond donors (Lipinski definition) is 2. The maximum Gasteiger partial charge on any atom is 0.173 e. The van der Waals surface area contributed by atoms with Crippen molar-refractivity contribution in [1.29, 1.82) is 0 Å². The lowest BCUT2D eigenvalue weighted by atomic mass is 9.78. The molecular weight excluding hydrogens is 332 g/mol. The third-order valence-corrected chi connectivity index (χ3v) is 4.22. The van der Waals surface area contributed by atoms with Gasteiger partial charge in [0.25, 0.3) is 0 Å².